The molecule has 5 rings (SSSR count). The maximum Gasteiger partial charge on any atom is 0.116 e. The summed E-state index contributed by atoms with van der Waals surface area (Å²) in [5, 5.41) is 5.36. The fraction of sp³-hybridized carbons (Fsp3) is 0.259. The molecule has 0 fully saturated rings. The second kappa shape index (κ2) is 6.97. The number of hydrogen-bond donors (Lipinski definition) is 0. The van der Waals surface area contributed by atoms with E-state index in [1.54, 1.807) is 6.33 Å². The van der Waals surface area contributed by atoms with Crippen LogP contribution in [0.1, 0.15) is 26.3 Å². The van der Waals surface area contributed by atoms with Gasteiger partial charge in [0.1, 0.15) is 6.33 Å². The fourth-order valence-electron chi connectivity index (χ4n) is 4.46. The van der Waals surface area contributed by atoms with Crippen molar-refractivity contribution in [3.63, 3.8) is 0 Å². The number of rotatable bonds is 2. The molecule has 0 amide bonds. The van der Waals surface area contributed by atoms with E-state index in [0.29, 0.717) is 0 Å². The van der Waals surface area contributed by atoms with Gasteiger partial charge in [0, 0.05) is 15.6 Å². The predicted octanol–water partition coefficient (Wildman–Crippen LogP) is 7.51. The second-order valence-electron chi connectivity index (χ2n) is 10.4. The highest BCUT2D eigenvalue weighted by Gasteiger charge is 2.24. The third kappa shape index (κ3) is 3.38. The smallest absolute Gasteiger partial charge is 0.116 e. The van der Waals surface area contributed by atoms with Gasteiger partial charge in [-0.3, -0.25) is 0 Å². The zero-order valence-corrected chi connectivity index (χ0v) is 20.9. The van der Waals surface area contributed by atoms with Crippen LogP contribution in [0.15, 0.2) is 60.9 Å². The first-order valence-corrected chi connectivity index (χ1v) is 15.2. The first kappa shape index (κ1) is 20.3. The van der Waals surface area contributed by atoms with Gasteiger partial charge in [-0.25, -0.2) is 9.97 Å². The van der Waals surface area contributed by atoms with E-state index in [1.807, 2.05) is 11.3 Å². The lowest BCUT2D eigenvalue weighted by atomic mass is 9.82. The normalized spacial score (nSPS) is 12.8. The van der Waals surface area contributed by atoms with Crippen molar-refractivity contribution >= 4 is 55.7 Å². The van der Waals surface area contributed by atoms with Gasteiger partial charge < -0.3 is 0 Å². The molecule has 2 heterocycles. The molecular weight excluding hydrogens is 412 g/mol. The Morgan fingerprint density at radius 2 is 1.55 bits per heavy atom. The summed E-state index contributed by atoms with van der Waals surface area (Å²) < 4.78 is 2.58. The molecule has 4 heteroatoms. The van der Waals surface area contributed by atoms with E-state index < -0.39 is 8.07 Å². The summed E-state index contributed by atoms with van der Waals surface area (Å²) in [5.74, 6) is 0. The summed E-state index contributed by atoms with van der Waals surface area (Å²) in [7, 11) is -1.47. The Hall–Kier alpha value is -2.56. The molecule has 0 saturated carbocycles. The molecule has 0 atom stereocenters. The maximum atomic E-state index is 4.80. The number of aromatic nitrogens is 2. The lowest BCUT2D eigenvalue weighted by Crippen LogP contribution is -2.37. The molecular formula is C27H28N2SSi. The van der Waals surface area contributed by atoms with Crippen molar-refractivity contribution in [3.8, 4) is 11.3 Å². The molecule has 0 unspecified atom stereocenters. The molecule has 2 aromatic heterocycles. The minimum absolute atomic E-state index is 0.0485. The second-order valence-corrected chi connectivity index (χ2v) is 16.5. The van der Waals surface area contributed by atoms with Crippen molar-refractivity contribution < 1.29 is 0 Å². The van der Waals surface area contributed by atoms with Crippen LogP contribution in [0.2, 0.25) is 19.6 Å². The molecule has 31 heavy (non-hydrogen) atoms. The van der Waals surface area contributed by atoms with E-state index in [0.717, 1.165) is 11.2 Å². The Bertz CT molecular complexity index is 1450. The van der Waals surface area contributed by atoms with Crippen molar-refractivity contribution in [1.82, 2.24) is 9.97 Å². The van der Waals surface area contributed by atoms with Crippen LogP contribution < -0.4 is 5.19 Å². The van der Waals surface area contributed by atoms with E-state index in [2.05, 4.69) is 95.0 Å². The van der Waals surface area contributed by atoms with Crippen LogP contribution in [0.5, 0.6) is 0 Å². The molecule has 156 valence electrons. The maximum absolute atomic E-state index is 4.80. The minimum Gasteiger partial charge on any atom is -0.235 e. The number of benzene rings is 3. The van der Waals surface area contributed by atoms with Crippen molar-refractivity contribution in [2.75, 3.05) is 0 Å². The van der Waals surface area contributed by atoms with E-state index in [1.165, 1.54) is 41.9 Å². The van der Waals surface area contributed by atoms with Gasteiger partial charge >= 0.3 is 0 Å². The Balaban J connectivity index is 1.85. The van der Waals surface area contributed by atoms with Crippen molar-refractivity contribution in [1.29, 1.82) is 0 Å². The van der Waals surface area contributed by atoms with Crippen LogP contribution in [-0.2, 0) is 5.41 Å². The molecule has 0 aliphatic heterocycles. The van der Waals surface area contributed by atoms with Gasteiger partial charge in [0.2, 0.25) is 0 Å². The number of hydrogen-bond acceptors (Lipinski definition) is 3. The van der Waals surface area contributed by atoms with Gasteiger partial charge in [0.25, 0.3) is 0 Å². The Kier molecular flexibility index (Phi) is 4.58. The summed E-state index contributed by atoms with van der Waals surface area (Å²) in [6, 6.07) is 20.0. The minimum atomic E-state index is -1.47. The quantitative estimate of drug-likeness (QED) is 0.265. The summed E-state index contributed by atoms with van der Waals surface area (Å²) in [5.41, 5.74) is 4.71. The fourth-order valence-corrected chi connectivity index (χ4v) is 8.13. The standard InChI is InChI=1S/C27H28N2SSi/c1-27(2,3)21-15-18(14-17-10-7-8-11-19(17)21)23-26-24(29-16-28-23)20-12-9-13-22(25(20)30-26)31(4,5)6/h7-16H,1-6H3. The lowest BCUT2D eigenvalue weighted by molar-refractivity contribution is 0.596. The molecule has 2 nitrogen and oxygen atoms in total. The van der Waals surface area contributed by atoms with E-state index in [-0.39, 0.29) is 5.41 Å². The van der Waals surface area contributed by atoms with Crippen molar-refractivity contribution in [2.45, 2.75) is 45.8 Å². The molecule has 0 N–H and O–H groups in total. The summed E-state index contributed by atoms with van der Waals surface area (Å²) in [4.78, 5) is 9.53. The van der Waals surface area contributed by atoms with Gasteiger partial charge in [-0.2, -0.15) is 0 Å². The van der Waals surface area contributed by atoms with Crippen LogP contribution in [0, 0.1) is 0 Å². The lowest BCUT2D eigenvalue weighted by Gasteiger charge is -2.22. The van der Waals surface area contributed by atoms with Crippen LogP contribution >= 0.6 is 11.3 Å². The highest BCUT2D eigenvalue weighted by Crippen LogP contribution is 2.40. The first-order chi connectivity index (χ1) is 14.6. The third-order valence-corrected chi connectivity index (χ3v) is 9.48. The van der Waals surface area contributed by atoms with Gasteiger partial charge in [0.15, 0.2) is 0 Å². The third-order valence-electron chi connectivity index (χ3n) is 6.03. The van der Waals surface area contributed by atoms with Gasteiger partial charge in [-0.05, 0) is 39.1 Å². The molecule has 5 aromatic rings. The molecule has 0 aliphatic rings. The highest BCUT2D eigenvalue weighted by molar-refractivity contribution is 7.28. The highest BCUT2D eigenvalue weighted by atomic mass is 32.1. The Morgan fingerprint density at radius 1 is 0.806 bits per heavy atom. The predicted molar refractivity (Wildman–Crippen MR) is 140 cm³/mol. The monoisotopic (exact) mass is 440 g/mol. The Labute approximate surface area is 189 Å². The first-order valence-electron chi connectivity index (χ1n) is 10.8. The molecule has 3 aromatic carbocycles. The zero-order valence-electron chi connectivity index (χ0n) is 19.1. The number of nitrogens with zero attached hydrogens (tertiary/aromatic N) is 2. The molecule has 0 saturated heterocycles. The largest absolute Gasteiger partial charge is 0.235 e. The number of thiophene rings is 1. The Morgan fingerprint density at radius 3 is 2.29 bits per heavy atom. The van der Waals surface area contributed by atoms with Gasteiger partial charge in [0.05, 0.1) is 24.0 Å². The van der Waals surface area contributed by atoms with Crippen LogP contribution in [0.25, 0.3) is 42.3 Å². The molecule has 0 aliphatic carbocycles. The van der Waals surface area contributed by atoms with Crippen LogP contribution in [0.3, 0.4) is 0 Å². The van der Waals surface area contributed by atoms with Gasteiger partial charge in [-0.15, -0.1) is 11.3 Å². The number of fused-ring (bicyclic) bond motifs is 4. The topological polar surface area (TPSA) is 25.8 Å². The van der Waals surface area contributed by atoms with Gasteiger partial charge in [-0.1, -0.05) is 82.9 Å². The summed E-state index contributed by atoms with van der Waals surface area (Å²) >= 11 is 1.87. The van der Waals surface area contributed by atoms with E-state index >= 15 is 0 Å². The van der Waals surface area contributed by atoms with Crippen LogP contribution in [0.4, 0.5) is 0 Å². The average Bonchev–Trinajstić information content (AvgIpc) is 3.10. The van der Waals surface area contributed by atoms with Crippen molar-refractivity contribution in [3.05, 3.63) is 66.5 Å². The zero-order chi connectivity index (χ0) is 22.0. The molecule has 0 spiro atoms. The SMILES string of the molecule is CC(C)(C)c1cc(-c2ncnc3c2sc2c([Si](C)(C)C)cccc23)cc2ccccc12. The van der Waals surface area contributed by atoms with Crippen LogP contribution in [-0.4, -0.2) is 18.0 Å². The molecule has 0 radical (unpaired) electrons. The average molecular weight is 441 g/mol. The molecule has 0 bridgehead atoms. The van der Waals surface area contributed by atoms with E-state index in [9.17, 15) is 0 Å². The van der Waals surface area contributed by atoms with E-state index in [4.69, 9.17) is 9.97 Å². The summed E-state index contributed by atoms with van der Waals surface area (Å²) in [6.45, 7) is 14.1. The summed E-state index contributed by atoms with van der Waals surface area (Å²) in [6.07, 6.45) is 1.73. The van der Waals surface area contributed by atoms with Crippen molar-refractivity contribution in [2.24, 2.45) is 0 Å².